The minimum Gasteiger partial charge on any atom is -0.465 e. The molecule has 2 aliphatic rings. The molecule has 2 fully saturated rings. The number of carbonyl (C=O) groups is 2. The van der Waals surface area contributed by atoms with E-state index in [9.17, 15) is 9.59 Å². The van der Waals surface area contributed by atoms with Crippen molar-refractivity contribution in [2.75, 3.05) is 20.2 Å². The highest BCUT2D eigenvalue weighted by molar-refractivity contribution is 6.00. The normalized spacial score (nSPS) is 25.8. The summed E-state index contributed by atoms with van der Waals surface area (Å²) in [4.78, 5) is 30.2. The van der Waals surface area contributed by atoms with Crippen LogP contribution in [0, 0.1) is 18.8 Å². The lowest BCUT2D eigenvalue weighted by molar-refractivity contribution is 0.0599. The van der Waals surface area contributed by atoms with Gasteiger partial charge in [0, 0.05) is 24.8 Å². The highest BCUT2D eigenvalue weighted by Crippen LogP contribution is 2.38. The first kappa shape index (κ1) is 17.0. The number of aromatic nitrogens is 1. The Morgan fingerprint density at radius 1 is 1.33 bits per heavy atom. The Bertz CT molecular complexity index is 652. The maximum absolute atomic E-state index is 13.1. The van der Waals surface area contributed by atoms with E-state index in [0.29, 0.717) is 35.2 Å². The molecule has 3 unspecified atom stereocenters. The Kier molecular flexibility index (Phi) is 4.67. The van der Waals surface area contributed by atoms with E-state index in [4.69, 9.17) is 10.5 Å². The van der Waals surface area contributed by atoms with Gasteiger partial charge in [-0.25, -0.2) is 4.79 Å². The van der Waals surface area contributed by atoms with Crippen LogP contribution in [0.3, 0.4) is 0 Å². The number of fused-ring (bicyclic) bond motifs is 1. The molecule has 0 bridgehead atoms. The summed E-state index contributed by atoms with van der Waals surface area (Å²) in [6.45, 7) is 5.35. The maximum Gasteiger partial charge on any atom is 0.339 e. The van der Waals surface area contributed by atoms with Crippen LogP contribution in [0.4, 0.5) is 0 Å². The Hall–Kier alpha value is -1.82. The fraction of sp³-hybridized carbons (Fsp3) is 0.667. The first-order chi connectivity index (χ1) is 11.5. The fourth-order valence-electron chi connectivity index (χ4n) is 4.37. The quantitative estimate of drug-likeness (QED) is 0.823. The smallest absolute Gasteiger partial charge is 0.339 e. The molecule has 2 heterocycles. The average Bonchev–Trinajstić information content (AvgIpc) is 3.22. The molecule has 1 saturated carbocycles. The number of hydrogen-bond acceptors (Lipinski definition) is 4. The van der Waals surface area contributed by atoms with Crippen molar-refractivity contribution in [2.45, 2.75) is 45.6 Å². The van der Waals surface area contributed by atoms with Gasteiger partial charge >= 0.3 is 5.97 Å². The number of aryl methyl sites for hydroxylation is 1. The molecule has 132 valence electrons. The van der Waals surface area contributed by atoms with Gasteiger partial charge in [-0.15, -0.1) is 0 Å². The number of rotatable bonds is 4. The molecule has 1 aromatic heterocycles. The van der Waals surface area contributed by atoms with Crippen LogP contribution in [0.1, 0.15) is 58.3 Å². The fourth-order valence-corrected chi connectivity index (χ4v) is 4.37. The van der Waals surface area contributed by atoms with Crippen LogP contribution in [0.25, 0.3) is 0 Å². The lowest BCUT2D eigenvalue weighted by Crippen LogP contribution is -2.34. The maximum atomic E-state index is 13.1. The second-order valence-corrected chi connectivity index (χ2v) is 7.10. The van der Waals surface area contributed by atoms with Crippen LogP contribution in [0.2, 0.25) is 0 Å². The van der Waals surface area contributed by atoms with Crippen LogP contribution in [-0.2, 0) is 11.2 Å². The molecule has 0 aromatic carbocycles. The van der Waals surface area contributed by atoms with E-state index in [1.54, 1.807) is 0 Å². The number of methoxy groups -OCH3 is 1. The molecule has 3 N–H and O–H groups in total. The number of hydrogen-bond donors (Lipinski definition) is 2. The number of nitrogens with two attached hydrogens (primary N) is 1. The molecule has 24 heavy (non-hydrogen) atoms. The van der Waals surface area contributed by atoms with E-state index in [-0.39, 0.29) is 17.9 Å². The summed E-state index contributed by atoms with van der Waals surface area (Å²) in [5.74, 6) is 0.541. The number of nitrogens with one attached hydrogen (secondary N) is 1. The predicted octanol–water partition coefficient (Wildman–Crippen LogP) is 1.87. The van der Waals surface area contributed by atoms with Gasteiger partial charge in [-0.1, -0.05) is 13.3 Å². The number of aromatic amines is 1. The van der Waals surface area contributed by atoms with E-state index in [2.05, 4.69) is 4.98 Å². The van der Waals surface area contributed by atoms with Crippen molar-refractivity contribution in [3.8, 4) is 0 Å². The monoisotopic (exact) mass is 333 g/mol. The van der Waals surface area contributed by atoms with Gasteiger partial charge < -0.3 is 20.4 Å². The predicted molar refractivity (Wildman–Crippen MR) is 91.0 cm³/mol. The van der Waals surface area contributed by atoms with E-state index in [1.165, 1.54) is 7.11 Å². The second-order valence-electron chi connectivity index (χ2n) is 7.10. The van der Waals surface area contributed by atoms with Crippen LogP contribution < -0.4 is 5.73 Å². The summed E-state index contributed by atoms with van der Waals surface area (Å²) >= 11 is 0. The first-order valence-electron chi connectivity index (χ1n) is 8.82. The molecule has 6 nitrogen and oxygen atoms in total. The zero-order valence-electron chi connectivity index (χ0n) is 14.7. The van der Waals surface area contributed by atoms with Crippen molar-refractivity contribution in [2.24, 2.45) is 17.6 Å². The number of ether oxygens (including phenoxy) is 1. The SMILES string of the molecule is CCCc1c(C(=O)N2CC3CCC(N)C3C2)[nH]c(C)c1C(=O)OC. The minimum absolute atomic E-state index is 0.0155. The summed E-state index contributed by atoms with van der Waals surface area (Å²) < 4.78 is 4.90. The molecule has 1 saturated heterocycles. The van der Waals surface area contributed by atoms with Crippen LogP contribution in [0.5, 0.6) is 0 Å². The van der Waals surface area contributed by atoms with Crippen molar-refractivity contribution < 1.29 is 14.3 Å². The third-order valence-corrected chi connectivity index (χ3v) is 5.59. The van der Waals surface area contributed by atoms with E-state index in [1.807, 2.05) is 18.7 Å². The molecule has 1 amide bonds. The molecule has 0 spiro atoms. The number of carbonyl (C=O) groups excluding carboxylic acids is 2. The Labute approximate surface area is 142 Å². The molecule has 3 rings (SSSR count). The van der Waals surface area contributed by atoms with Gasteiger partial charge in [0.15, 0.2) is 0 Å². The molecule has 6 heteroatoms. The second kappa shape index (κ2) is 6.59. The van der Waals surface area contributed by atoms with Crippen molar-refractivity contribution >= 4 is 11.9 Å². The Morgan fingerprint density at radius 2 is 2.08 bits per heavy atom. The zero-order chi connectivity index (χ0) is 17.4. The van der Waals surface area contributed by atoms with Gasteiger partial charge in [0.25, 0.3) is 5.91 Å². The molecule has 1 aromatic rings. The van der Waals surface area contributed by atoms with Gasteiger partial charge in [0.2, 0.25) is 0 Å². The molecular weight excluding hydrogens is 306 g/mol. The number of likely N-dealkylation sites (tertiary alicyclic amines) is 1. The van der Waals surface area contributed by atoms with Crippen molar-refractivity contribution in [1.29, 1.82) is 0 Å². The van der Waals surface area contributed by atoms with Crippen LogP contribution in [-0.4, -0.2) is 48.0 Å². The molecule has 1 aliphatic carbocycles. The van der Waals surface area contributed by atoms with Gasteiger partial charge in [-0.05, 0) is 43.6 Å². The largest absolute Gasteiger partial charge is 0.465 e. The number of esters is 1. The van der Waals surface area contributed by atoms with Gasteiger partial charge in [0.1, 0.15) is 5.69 Å². The van der Waals surface area contributed by atoms with Gasteiger partial charge in [-0.2, -0.15) is 0 Å². The summed E-state index contributed by atoms with van der Waals surface area (Å²) in [5, 5.41) is 0. The summed E-state index contributed by atoms with van der Waals surface area (Å²) in [7, 11) is 1.37. The van der Waals surface area contributed by atoms with Gasteiger partial charge in [0.05, 0.1) is 12.7 Å². The van der Waals surface area contributed by atoms with E-state index < -0.39 is 0 Å². The zero-order valence-corrected chi connectivity index (χ0v) is 14.7. The number of nitrogens with zero attached hydrogens (tertiary/aromatic N) is 1. The Balaban J connectivity index is 1.89. The van der Waals surface area contributed by atoms with E-state index in [0.717, 1.165) is 37.9 Å². The number of H-pyrrole nitrogens is 1. The van der Waals surface area contributed by atoms with Crippen molar-refractivity contribution in [1.82, 2.24) is 9.88 Å². The average molecular weight is 333 g/mol. The van der Waals surface area contributed by atoms with Gasteiger partial charge in [-0.3, -0.25) is 4.79 Å². The van der Waals surface area contributed by atoms with Crippen LogP contribution in [0.15, 0.2) is 0 Å². The van der Waals surface area contributed by atoms with E-state index >= 15 is 0 Å². The molecule has 1 aliphatic heterocycles. The molecular formula is C18H27N3O3. The molecule has 0 radical (unpaired) electrons. The first-order valence-corrected chi connectivity index (χ1v) is 8.82. The van der Waals surface area contributed by atoms with Crippen molar-refractivity contribution in [3.05, 3.63) is 22.5 Å². The third-order valence-electron chi connectivity index (χ3n) is 5.59. The lowest BCUT2D eigenvalue weighted by Gasteiger charge is -2.19. The highest BCUT2D eigenvalue weighted by Gasteiger charge is 2.43. The lowest BCUT2D eigenvalue weighted by atomic mass is 9.98. The summed E-state index contributed by atoms with van der Waals surface area (Å²) in [6.07, 6.45) is 3.70. The Morgan fingerprint density at radius 3 is 2.71 bits per heavy atom. The van der Waals surface area contributed by atoms with Crippen molar-refractivity contribution in [3.63, 3.8) is 0 Å². The highest BCUT2D eigenvalue weighted by atomic mass is 16.5. The van der Waals surface area contributed by atoms with Crippen LogP contribution >= 0.6 is 0 Å². The topological polar surface area (TPSA) is 88.4 Å². The third kappa shape index (κ3) is 2.73. The standard InChI is InChI=1S/C18H27N3O3/c1-4-5-12-15(18(23)24-3)10(2)20-16(12)17(22)21-8-11-6-7-14(19)13(11)9-21/h11,13-14,20H,4-9,19H2,1-3H3. The number of amides is 1. The summed E-state index contributed by atoms with van der Waals surface area (Å²) in [5.41, 5.74) is 8.72. The summed E-state index contributed by atoms with van der Waals surface area (Å²) in [6, 6.07) is 0.207. The molecule has 3 atom stereocenters. The minimum atomic E-state index is -0.383.